The summed E-state index contributed by atoms with van der Waals surface area (Å²) in [5.74, 6) is 1.17. The first kappa shape index (κ1) is 14.9. The van der Waals surface area contributed by atoms with Gasteiger partial charge in [-0.25, -0.2) is 4.98 Å². The maximum Gasteiger partial charge on any atom is 0.127 e. The predicted octanol–water partition coefficient (Wildman–Crippen LogP) is 4.55. The number of fused-ring (bicyclic) bond motifs is 1. The second kappa shape index (κ2) is 5.62. The first-order valence-corrected chi connectivity index (χ1v) is 8.30. The molecular weight excluding hydrogens is 282 g/mol. The Morgan fingerprint density at radius 2 is 2.24 bits per heavy atom. The Morgan fingerprint density at radius 1 is 1.43 bits per heavy atom. The summed E-state index contributed by atoms with van der Waals surface area (Å²) in [6.07, 6.45) is 3.57. The van der Waals surface area contributed by atoms with Crippen LogP contribution in [-0.4, -0.2) is 16.1 Å². The van der Waals surface area contributed by atoms with E-state index in [1.807, 2.05) is 18.2 Å². The average Bonchev–Trinajstić information content (AvgIpc) is 2.77. The van der Waals surface area contributed by atoms with Gasteiger partial charge in [-0.1, -0.05) is 32.4 Å². The number of piperidine rings is 1. The van der Waals surface area contributed by atoms with Gasteiger partial charge in [0.1, 0.15) is 5.82 Å². The third-order valence-corrected chi connectivity index (χ3v) is 4.81. The number of nitrogens with zero attached hydrogens (tertiary/aromatic N) is 2. The van der Waals surface area contributed by atoms with Crippen LogP contribution in [0.5, 0.6) is 0 Å². The van der Waals surface area contributed by atoms with E-state index in [0.29, 0.717) is 6.04 Å². The molecule has 114 valence electrons. The Morgan fingerprint density at radius 3 is 2.95 bits per heavy atom. The first-order chi connectivity index (χ1) is 10.0. The fourth-order valence-corrected chi connectivity index (χ4v) is 3.61. The van der Waals surface area contributed by atoms with Gasteiger partial charge in [0.2, 0.25) is 0 Å². The number of rotatable bonds is 3. The van der Waals surface area contributed by atoms with Crippen LogP contribution >= 0.6 is 11.6 Å². The third kappa shape index (κ3) is 2.69. The molecule has 3 nitrogen and oxygen atoms in total. The lowest BCUT2D eigenvalue weighted by atomic mass is 9.77. The van der Waals surface area contributed by atoms with Crippen molar-refractivity contribution in [3.8, 4) is 0 Å². The number of hydrogen-bond acceptors (Lipinski definition) is 2. The van der Waals surface area contributed by atoms with Crippen molar-refractivity contribution in [3.63, 3.8) is 0 Å². The molecule has 1 aliphatic heterocycles. The van der Waals surface area contributed by atoms with Gasteiger partial charge in [0, 0.05) is 11.6 Å². The SMILES string of the molecule is CCCn1c(C2NCCCC2(C)C)nc2ccc(Cl)cc21. The highest BCUT2D eigenvalue weighted by atomic mass is 35.5. The summed E-state index contributed by atoms with van der Waals surface area (Å²) in [6, 6.07) is 6.31. The van der Waals surface area contributed by atoms with Crippen LogP contribution in [0.3, 0.4) is 0 Å². The van der Waals surface area contributed by atoms with Crippen molar-refractivity contribution in [2.75, 3.05) is 6.54 Å². The summed E-state index contributed by atoms with van der Waals surface area (Å²) < 4.78 is 2.35. The number of nitrogens with one attached hydrogen (secondary N) is 1. The number of aromatic nitrogens is 2. The van der Waals surface area contributed by atoms with Crippen molar-refractivity contribution in [2.45, 2.75) is 52.6 Å². The molecule has 4 heteroatoms. The highest BCUT2D eigenvalue weighted by Gasteiger charge is 2.36. The molecule has 1 aromatic carbocycles. The zero-order chi connectivity index (χ0) is 15.0. The quantitative estimate of drug-likeness (QED) is 0.901. The molecule has 1 N–H and O–H groups in total. The zero-order valence-corrected chi connectivity index (χ0v) is 13.9. The lowest BCUT2D eigenvalue weighted by Crippen LogP contribution is -2.41. The van der Waals surface area contributed by atoms with Gasteiger partial charge in [-0.05, 0) is 49.4 Å². The van der Waals surface area contributed by atoms with Gasteiger partial charge in [-0.3, -0.25) is 0 Å². The maximum absolute atomic E-state index is 6.19. The standard InChI is InChI=1S/C17H24ClN3/c1-4-10-21-14-11-12(18)6-7-13(14)20-16(21)15-17(2,3)8-5-9-19-15/h6-7,11,15,19H,4-5,8-10H2,1-3H3. The normalized spacial score (nSPS) is 21.8. The third-order valence-electron chi connectivity index (χ3n) is 4.57. The van der Waals surface area contributed by atoms with Crippen LogP contribution in [0.4, 0.5) is 0 Å². The van der Waals surface area contributed by atoms with Crippen LogP contribution in [0.1, 0.15) is 51.9 Å². The van der Waals surface area contributed by atoms with E-state index in [1.54, 1.807) is 0 Å². The molecule has 0 saturated carbocycles. The minimum atomic E-state index is 0.231. The molecule has 1 fully saturated rings. The highest BCUT2D eigenvalue weighted by molar-refractivity contribution is 6.31. The number of aryl methyl sites for hydroxylation is 1. The van der Waals surface area contributed by atoms with Gasteiger partial charge < -0.3 is 9.88 Å². The van der Waals surface area contributed by atoms with Gasteiger partial charge in [0.15, 0.2) is 0 Å². The zero-order valence-electron chi connectivity index (χ0n) is 13.1. The molecule has 1 unspecified atom stereocenters. The molecule has 2 aromatic rings. The molecule has 1 atom stereocenters. The van der Waals surface area contributed by atoms with E-state index in [4.69, 9.17) is 16.6 Å². The van der Waals surface area contributed by atoms with Gasteiger partial charge in [-0.15, -0.1) is 0 Å². The van der Waals surface area contributed by atoms with Crippen molar-refractivity contribution in [2.24, 2.45) is 5.41 Å². The molecule has 0 amide bonds. The lowest BCUT2D eigenvalue weighted by molar-refractivity contribution is 0.171. The summed E-state index contributed by atoms with van der Waals surface area (Å²) in [6.45, 7) is 8.95. The van der Waals surface area contributed by atoms with Crippen molar-refractivity contribution in [1.29, 1.82) is 0 Å². The molecule has 0 spiro atoms. The number of imidazole rings is 1. The van der Waals surface area contributed by atoms with Crippen molar-refractivity contribution >= 4 is 22.6 Å². The van der Waals surface area contributed by atoms with E-state index in [2.05, 4.69) is 30.7 Å². The minimum Gasteiger partial charge on any atom is -0.327 e. The monoisotopic (exact) mass is 305 g/mol. The summed E-state index contributed by atoms with van der Waals surface area (Å²) in [7, 11) is 0. The van der Waals surface area contributed by atoms with Crippen LogP contribution in [0.25, 0.3) is 11.0 Å². The molecule has 3 rings (SSSR count). The van der Waals surface area contributed by atoms with Gasteiger partial charge in [-0.2, -0.15) is 0 Å². The highest BCUT2D eigenvalue weighted by Crippen LogP contribution is 2.40. The Balaban J connectivity index is 2.14. The molecule has 0 bridgehead atoms. The van der Waals surface area contributed by atoms with Crippen LogP contribution in [0.15, 0.2) is 18.2 Å². The van der Waals surface area contributed by atoms with E-state index in [9.17, 15) is 0 Å². The smallest absolute Gasteiger partial charge is 0.127 e. The molecule has 1 saturated heterocycles. The van der Waals surface area contributed by atoms with E-state index in [-0.39, 0.29) is 5.41 Å². The fourth-order valence-electron chi connectivity index (χ4n) is 3.45. The van der Waals surface area contributed by atoms with Crippen LogP contribution in [0.2, 0.25) is 5.02 Å². The van der Waals surface area contributed by atoms with Gasteiger partial charge in [0.25, 0.3) is 0 Å². The second-order valence-corrected chi connectivity index (χ2v) is 7.17. The molecule has 1 aromatic heterocycles. The summed E-state index contributed by atoms with van der Waals surface area (Å²) in [5.41, 5.74) is 2.43. The predicted molar refractivity (Wildman–Crippen MR) is 88.8 cm³/mol. The molecule has 0 aliphatic carbocycles. The maximum atomic E-state index is 6.19. The first-order valence-electron chi connectivity index (χ1n) is 7.92. The van der Waals surface area contributed by atoms with E-state index < -0.39 is 0 Å². The van der Waals surface area contributed by atoms with Crippen molar-refractivity contribution in [1.82, 2.24) is 14.9 Å². The Labute approximate surface area is 131 Å². The summed E-state index contributed by atoms with van der Waals surface area (Å²) in [5, 5.41) is 4.46. The number of benzene rings is 1. The van der Waals surface area contributed by atoms with Crippen LogP contribution in [-0.2, 0) is 6.54 Å². The number of halogens is 1. The molecular formula is C17H24ClN3. The van der Waals surface area contributed by atoms with E-state index in [1.165, 1.54) is 18.7 Å². The number of hydrogen-bond donors (Lipinski definition) is 1. The summed E-state index contributed by atoms with van der Waals surface area (Å²) >= 11 is 6.19. The topological polar surface area (TPSA) is 29.9 Å². The largest absolute Gasteiger partial charge is 0.327 e. The van der Waals surface area contributed by atoms with E-state index >= 15 is 0 Å². The van der Waals surface area contributed by atoms with Crippen LogP contribution in [0, 0.1) is 5.41 Å². The lowest BCUT2D eigenvalue weighted by Gasteiger charge is -2.39. The van der Waals surface area contributed by atoms with Crippen molar-refractivity contribution in [3.05, 3.63) is 29.0 Å². The van der Waals surface area contributed by atoms with Gasteiger partial charge in [0.05, 0.1) is 17.1 Å². The van der Waals surface area contributed by atoms with Gasteiger partial charge >= 0.3 is 0 Å². The second-order valence-electron chi connectivity index (χ2n) is 6.73. The molecule has 1 aliphatic rings. The van der Waals surface area contributed by atoms with E-state index in [0.717, 1.165) is 35.6 Å². The van der Waals surface area contributed by atoms with Crippen LogP contribution < -0.4 is 5.32 Å². The molecule has 0 radical (unpaired) electrons. The Hall–Kier alpha value is -1.06. The summed E-state index contributed by atoms with van der Waals surface area (Å²) in [4.78, 5) is 4.93. The van der Waals surface area contributed by atoms with Crippen molar-refractivity contribution < 1.29 is 0 Å². The molecule has 21 heavy (non-hydrogen) atoms. The fraction of sp³-hybridized carbons (Fsp3) is 0.588. The Bertz CT molecular complexity index is 645. The minimum absolute atomic E-state index is 0.231. The molecule has 2 heterocycles. The average molecular weight is 306 g/mol. The Kier molecular flexibility index (Phi) is 3.98.